The average molecular weight is 581 g/mol. The number of aromatic nitrogens is 4. The van der Waals surface area contributed by atoms with Crippen molar-refractivity contribution in [2.24, 2.45) is 0 Å². The van der Waals surface area contributed by atoms with Crippen LogP contribution in [0.25, 0.3) is 81.8 Å². The predicted molar refractivity (Wildman–Crippen MR) is 183 cm³/mol. The minimum absolute atomic E-state index is 0.603. The minimum atomic E-state index is 0.603. The van der Waals surface area contributed by atoms with Crippen molar-refractivity contribution in [3.63, 3.8) is 0 Å². The molecule has 0 radical (unpaired) electrons. The molecule has 9 aromatic rings. The largest absolute Gasteiger partial charge is 0.278 e. The fraction of sp³-hybridized carbons (Fsp3) is 0. The molecule has 0 saturated carbocycles. The van der Waals surface area contributed by atoms with Crippen molar-refractivity contribution >= 4 is 53.3 Å². The maximum absolute atomic E-state index is 5.15. The van der Waals surface area contributed by atoms with Crippen molar-refractivity contribution in [2.45, 2.75) is 0 Å². The van der Waals surface area contributed by atoms with Crippen molar-refractivity contribution in [1.29, 1.82) is 0 Å². The molecule has 4 nitrogen and oxygen atoms in total. The Morgan fingerprint density at radius 1 is 0.386 bits per heavy atom. The van der Waals surface area contributed by atoms with Crippen LogP contribution in [0.15, 0.2) is 146 Å². The molecule has 5 heteroatoms. The van der Waals surface area contributed by atoms with Gasteiger partial charge in [0.1, 0.15) is 0 Å². The Hall–Kier alpha value is -5.65. The highest BCUT2D eigenvalue weighted by atomic mass is 32.1. The Morgan fingerprint density at radius 3 is 1.70 bits per heavy atom. The number of nitrogens with zero attached hydrogens (tertiary/aromatic N) is 4. The van der Waals surface area contributed by atoms with E-state index in [1.54, 1.807) is 0 Å². The first-order valence-electron chi connectivity index (χ1n) is 14.6. The molecule has 44 heavy (non-hydrogen) atoms. The van der Waals surface area contributed by atoms with Crippen LogP contribution in [0.3, 0.4) is 0 Å². The van der Waals surface area contributed by atoms with Crippen molar-refractivity contribution in [3.05, 3.63) is 146 Å². The van der Waals surface area contributed by atoms with E-state index in [-0.39, 0.29) is 0 Å². The second kappa shape index (κ2) is 9.97. The smallest absolute Gasteiger partial charge is 0.238 e. The van der Waals surface area contributed by atoms with Crippen LogP contribution in [0.2, 0.25) is 0 Å². The van der Waals surface area contributed by atoms with Gasteiger partial charge in [-0.1, -0.05) is 121 Å². The number of hydrogen-bond donors (Lipinski definition) is 0. The molecule has 3 heterocycles. The summed E-state index contributed by atoms with van der Waals surface area (Å²) in [5.74, 6) is 1.89. The fourth-order valence-corrected chi connectivity index (χ4v) is 7.28. The van der Waals surface area contributed by atoms with Gasteiger partial charge in [-0.3, -0.25) is 4.57 Å². The topological polar surface area (TPSA) is 43.6 Å². The van der Waals surface area contributed by atoms with E-state index in [1.807, 2.05) is 47.7 Å². The maximum Gasteiger partial charge on any atom is 0.238 e. The summed E-state index contributed by atoms with van der Waals surface area (Å²) in [5.41, 5.74) is 6.37. The van der Waals surface area contributed by atoms with Crippen LogP contribution in [-0.2, 0) is 0 Å². The Kier molecular flexibility index (Phi) is 5.64. The number of fused-ring (bicyclic) bond motifs is 6. The monoisotopic (exact) mass is 580 g/mol. The highest BCUT2D eigenvalue weighted by Crippen LogP contribution is 2.40. The molecule has 0 aliphatic rings. The standard InChI is InChI=1S/C39H24N4S/c1-3-11-25(12-4-1)26-19-21-28(22-20-26)38-40-37(27-13-5-2-6-14-27)41-39(42-38)43-33-17-9-7-15-29(33)31-24-36-32(23-34(31)43)30-16-8-10-18-35(30)44-36/h1-24H. The molecule has 3 aromatic heterocycles. The van der Waals surface area contributed by atoms with Crippen LogP contribution in [0.5, 0.6) is 0 Å². The lowest BCUT2D eigenvalue weighted by molar-refractivity contribution is 0.954. The number of thiophene rings is 1. The van der Waals surface area contributed by atoms with Gasteiger partial charge in [-0.15, -0.1) is 11.3 Å². The number of benzene rings is 6. The molecule has 0 amide bonds. The third-order valence-electron chi connectivity index (χ3n) is 8.28. The molecular formula is C39H24N4S. The Bertz CT molecular complexity index is 2480. The van der Waals surface area contributed by atoms with Crippen LogP contribution in [-0.4, -0.2) is 19.5 Å². The lowest BCUT2D eigenvalue weighted by Gasteiger charge is -2.11. The van der Waals surface area contributed by atoms with E-state index in [2.05, 4.69) is 114 Å². The summed E-state index contributed by atoms with van der Waals surface area (Å²) in [6, 6.07) is 50.8. The molecule has 0 fully saturated rings. The van der Waals surface area contributed by atoms with E-state index in [0.29, 0.717) is 17.6 Å². The van der Waals surface area contributed by atoms with E-state index in [1.165, 1.54) is 36.5 Å². The zero-order valence-electron chi connectivity index (χ0n) is 23.6. The highest BCUT2D eigenvalue weighted by molar-refractivity contribution is 7.25. The first kappa shape index (κ1) is 24.9. The molecule has 9 rings (SSSR count). The van der Waals surface area contributed by atoms with E-state index < -0.39 is 0 Å². The summed E-state index contributed by atoms with van der Waals surface area (Å²) < 4.78 is 4.77. The van der Waals surface area contributed by atoms with Gasteiger partial charge in [-0.05, 0) is 35.4 Å². The summed E-state index contributed by atoms with van der Waals surface area (Å²) in [6.45, 7) is 0. The molecule has 0 saturated heterocycles. The lowest BCUT2D eigenvalue weighted by Crippen LogP contribution is -2.06. The first-order valence-corrected chi connectivity index (χ1v) is 15.4. The van der Waals surface area contributed by atoms with Gasteiger partial charge in [0.05, 0.1) is 11.0 Å². The molecule has 0 bridgehead atoms. The Morgan fingerprint density at radius 2 is 0.955 bits per heavy atom. The third kappa shape index (κ3) is 4.02. The molecule has 0 unspecified atom stereocenters. The normalized spacial score (nSPS) is 11.6. The Labute approximate surface area is 257 Å². The summed E-state index contributed by atoms with van der Waals surface area (Å²) in [5, 5.41) is 4.88. The van der Waals surface area contributed by atoms with Gasteiger partial charge in [-0.2, -0.15) is 9.97 Å². The fourth-order valence-electron chi connectivity index (χ4n) is 6.15. The highest BCUT2D eigenvalue weighted by Gasteiger charge is 2.19. The van der Waals surface area contributed by atoms with Crippen LogP contribution >= 0.6 is 11.3 Å². The summed E-state index contributed by atoms with van der Waals surface area (Å²) in [4.78, 5) is 15.3. The SMILES string of the molecule is c1ccc(-c2ccc(-c3nc(-c4ccccc4)nc(-n4c5ccccc5c5cc6sc7ccccc7c6cc54)n3)cc2)cc1. The van der Waals surface area contributed by atoms with Crippen LogP contribution in [0.1, 0.15) is 0 Å². The molecule has 0 N–H and O–H groups in total. The van der Waals surface area contributed by atoms with E-state index in [9.17, 15) is 0 Å². The first-order chi connectivity index (χ1) is 21.8. The molecule has 6 aromatic carbocycles. The maximum atomic E-state index is 5.15. The van der Waals surface area contributed by atoms with E-state index >= 15 is 0 Å². The summed E-state index contributed by atoms with van der Waals surface area (Å²) >= 11 is 1.84. The van der Waals surface area contributed by atoms with Crippen LogP contribution in [0, 0.1) is 0 Å². The number of rotatable bonds is 4. The second-order valence-corrected chi connectivity index (χ2v) is 12.0. The molecule has 0 aliphatic heterocycles. The minimum Gasteiger partial charge on any atom is -0.278 e. The van der Waals surface area contributed by atoms with E-state index in [4.69, 9.17) is 15.0 Å². The zero-order valence-corrected chi connectivity index (χ0v) is 24.4. The van der Waals surface area contributed by atoms with Crippen molar-refractivity contribution in [1.82, 2.24) is 19.5 Å². The molecule has 0 spiro atoms. The van der Waals surface area contributed by atoms with Gasteiger partial charge in [0, 0.05) is 42.1 Å². The van der Waals surface area contributed by atoms with Crippen LogP contribution in [0.4, 0.5) is 0 Å². The predicted octanol–water partition coefficient (Wildman–Crippen LogP) is 10.3. The third-order valence-corrected chi connectivity index (χ3v) is 9.41. The molecule has 0 aliphatic carbocycles. The molecule has 0 atom stereocenters. The average Bonchev–Trinajstić information content (AvgIpc) is 3.63. The van der Waals surface area contributed by atoms with Gasteiger partial charge in [0.2, 0.25) is 5.95 Å². The van der Waals surface area contributed by atoms with Crippen molar-refractivity contribution < 1.29 is 0 Å². The van der Waals surface area contributed by atoms with Gasteiger partial charge >= 0.3 is 0 Å². The summed E-state index contributed by atoms with van der Waals surface area (Å²) in [6.07, 6.45) is 0. The number of para-hydroxylation sites is 1. The van der Waals surface area contributed by atoms with Gasteiger partial charge in [0.25, 0.3) is 0 Å². The van der Waals surface area contributed by atoms with E-state index in [0.717, 1.165) is 27.7 Å². The summed E-state index contributed by atoms with van der Waals surface area (Å²) in [7, 11) is 0. The zero-order chi connectivity index (χ0) is 29.0. The van der Waals surface area contributed by atoms with Crippen molar-refractivity contribution in [3.8, 4) is 39.9 Å². The lowest BCUT2D eigenvalue weighted by atomic mass is 10.0. The Balaban J connectivity index is 1.31. The molecule has 206 valence electrons. The number of hydrogen-bond acceptors (Lipinski definition) is 4. The van der Waals surface area contributed by atoms with Gasteiger partial charge < -0.3 is 0 Å². The van der Waals surface area contributed by atoms with Crippen molar-refractivity contribution in [2.75, 3.05) is 0 Å². The van der Waals surface area contributed by atoms with Gasteiger partial charge in [-0.25, -0.2) is 4.98 Å². The quantitative estimate of drug-likeness (QED) is 0.208. The molecular weight excluding hydrogens is 557 g/mol. The van der Waals surface area contributed by atoms with Gasteiger partial charge in [0.15, 0.2) is 11.6 Å². The van der Waals surface area contributed by atoms with Crippen LogP contribution < -0.4 is 0 Å². The second-order valence-electron chi connectivity index (χ2n) is 10.9.